The molecule has 0 saturated carbocycles. The van der Waals surface area contributed by atoms with E-state index in [-0.39, 0.29) is 17.7 Å². The molecule has 3 aromatic carbocycles. The predicted octanol–water partition coefficient (Wildman–Crippen LogP) is 5.19. The van der Waals surface area contributed by atoms with Crippen molar-refractivity contribution >= 4 is 28.8 Å². The molecule has 1 heterocycles. The van der Waals surface area contributed by atoms with E-state index in [1.54, 1.807) is 49.6 Å². The molecule has 0 spiro atoms. The quantitative estimate of drug-likeness (QED) is 0.510. The SMILES string of the molecule is COc1ccc(NC2=C(c3ccc(OC(C)C)cc3)C(=O)N(c3ccccc3C)C2=O)cc1. The molecule has 6 heteroatoms. The van der Waals surface area contributed by atoms with Gasteiger partial charge in [0.05, 0.1) is 24.5 Å². The van der Waals surface area contributed by atoms with Crippen LogP contribution in [-0.4, -0.2) is 25.0 Å². The van der Waals surface area contributed by atoms with Crippen LogP contribution in [0.3, 0.4) is 0 Å². The second-order valence-electron chi connectivity index (χ2n) is 8.03. The fraction of sp³-hybridized carbons (Fsp3) is 0.185. The van der Waals surface area contributed by atoms with Crippen LogP contribution >= 0.6 is 0 Å². The van der Waals surface area contributed by atoms with Gasteiger partial charge in [-0.05, 0) is 74.4 Å². The van der Waals surface area contributed by atoms with Crippen molar-refractivity contribution in [3.63, 3.8) is 0 Å². The van der Waals surface area contributed by atoms with Crippen LogP contribution in [0.5, 0.6) is 11.5 Å². The highest BCUT2D eigenvalue weighted by molar-refractivity contribution is 6.46. The Kier molecular flexibility index (Phi) is 6.18. The molecule has 0 aromatic heterocycles. The molecular formula is C27H26N2O4. The highest BCUT2D eigenvalue weighted by atomic mass is 16.5. The summed E-state index contributed by atoms with van der Waals surface area (Å²) in [7, 11) is 1.59. The number of para-hydroxylation sites is 1. The van der Waals surface area contributed by atoms with E-state index in [4.69, 9.17) is 9.47 Å². The lowest BCUT2D eigenvalue weighted by Gasteiger charge is -2.17. The minimum atomic E-state index is -0.400. The lowest BCUT2D eigenvalue weighted by Crippen LogP contribution is -2.33. The predicted molar refractivity (Wildman–Crippen MR) is 129 cm³/mol. The van der Waals surface area contributed by atoms with Crippen molar-refractivity contribution in [2.24, 2.45) is 0 Å². The molecule has 168 valence electrons. The Morgan fingerprint density at radius 3 is 2.06 bits per heavy atom. The maximum Gasteiger partial charge on any atom is 0.282 e. The van der Waals surface area contributed by atoms with Crippen molar-refractivity contribution in [3.8, 4) is 11.5 Å². The number of carbonyl (C=O) groups is 2. The molecule has 3 aromatic rings. The van der Waals surface area contributed by atoms with Crippen molar-refractivity contribution in [1.82, 2.24) is 0 Å². The van der Waals surface area contributed by atoms with Gasteiger partial charge in [-0.1, -0.05) is 30.3 Å². The van der Waals surface area contributed by atoms with Crippen molar-refractivity contribution in [3.05, 3.63) is 89.6 Å². The van der Waals surface area contributed by atoms with Gasteiger partial charge in [-0.25, -0.2) is 4.90 Å². The van der Waals surface area contributed by atoms with Gasteiger partial charge in [0, 0.05) is 5.69 Å². The number of amides is 2. The Balaban J connectivity index is 1.77. The molecular weight excluding hydrogens is 416 g/mol. The number of imide groups is 1. The van der Waals surface area contributed by atoms with Gasteiger partial charge in [-0.3, -0.25) is 9.59 Å². The number of ether oxygens (including phenoxy) is 2. The molecule has 0 fully saturated rings. The summed E-state index contributed by atoms with van der Waals surface area (Å²) in [5, 5.41) is 3.17. The van der Waals surface area contributed by atoms with E-state index in [1.807, 2.05) is 51.1 Å². The Morgan fingerprint density at radius 1 is 0.818 bits per heavy atom. The first-order valence-corrected chi connectivity index (χ1v) is 10.8. The van der Waals surface area contributed by atoms with E-state index in [1.165, 1.54) is 4.90 Å². The van der Waals surface area contributed by atoms with Crippen molar-refractivity contribution in [2.75, 3.05) is 17.3 Å². The molecule has 1 aliphatic rings. The molecule has 2 amide bonds. The van der Waals surface area contributed by atoms with Gasteiger partial charge >= 0.3 is 0 Å². The van der Waals surface area contributed by atoms with Gasteiger partial charge in [0.1, 0.15) is 17.2 Å². The van der Waals surface area contributed by atoms with Crippen LogP contribution in [0.15, 0.2) is 78.5 Å². The average molecular weight is 443 g/mol. The normalized spacial score (nSPS) is 13.7. The lowest BCUT2D eigenvalue weighted by molar-refractivity contribution is -0.120. The van der Waals surface area contributed by atoms with E-state index in [2.05, 4.69) is 5.32 Å². The standard InChI is InChI=1S/C27H26N2O4/c1-17(2)33-22-13-9-19(10-14-22)24-25(28-20-11-15-21(32-4)16-12-20)27(31)29(26(24)30)23-8-6-5-7-18(23)3/h5-17,28H,1-4H3. The lowest BCUT2D eigenvalue weighted by atomic mass is 10.0. The van der Waals surface area contributed by atoms with Gasteiger partial charge in [0.25, 0.3) is 11.8 Å². The largest absolute Gasteiger partial charge is 0.497 e. The summed E-state index contributed by atoms with van der Waals surface area (Å²) in [4.78, 5) is 28.3. The van der Waals surface area contributed by atoms with Crippen LogP contribution in [-0.2, 0) is 9.59 Å². The maximum atomic E-state index is 13.6. The highest BCUT2D eigenvalue weighted by Gasteiger charge is 2.40. The van der Waals surface area contributed by atoms with Gasteiger partial charge in [0.2, 0.25) is 0 Å². The van der Waals surface area contributed by atoms with Gasteiger partial charge in [0.15, 0.2) is 0 Å². The number of benzene rings is 3. The number of rotatable bonds is 7. The molecule has 4 rings (SSSR count). The third kappa shape index (κ3) is 4.46. The first-order chi connectivity index (χ1) is 15.9. The summed E-state index contributed by atoms with van der Waals surface area (Å²) in [6.07, 6.45) is 0.0357. The third-order valence-electron chi connectivity index (χ3n) is 5.31. The second kappa shape index (κ2) is 9.20. The van der Waals surface area contributed by atoms with E-state index < -0.39 is 5.91 Å². The second-order valence-corrected chi connectivity index (χ2v) is 8.03. The van der Waals surface area contributed by atoms with Crippen LogP contribution in [0.4, 0.5) is 11.4 Å². The van der Waals surface area contributed by atoms with E-state index in [0.717, 1.165) is 5.56 Å². The fourth-order valence-corrected chi connectivity index (χ4v) is 3.74. The van der Waals surface area contributed by atoms with E-state index in [9.17, 15) is 9.59 Å². The molecule has 1 N–H and O–H groups in total. The molecule has 0 aliphatic carbocycles. The van der Waals surface area contributed by atoms with E-state index >= 15 is 0 Å². The van der Waals surface area contributed by atoms with Crippen molar-refractivity contribution < 1.29 is 19.1 Å². The van der Waals surface area contributed by atoms with E-state index in [0.29, 0.717) is 34.0 Å². The number of carbonyl (C=O) groups excluding carboxylic acids is 2. The smallest absolute Gasteiger partial charge is 0.282 e. The van der Waals surface area contributed by atoms with Crippen LogP contribution < -0.4 is 19.7 Å². The molecule has 0 radical (unpaired) electrons. The van der Waals surface area contributed by atoms with Crippen LogP contribution in [0, 0.1) is 6.92 Å². The molecule has 6 nitrogen and oxygen atoms in total. The third-order valence-corrected chi connectivity index (χ3v) is 5.31. The Hall–Kier alpha value is -4.06. The first kappa shape index (κ1) is 22.1. The van der Waals surface area contributed by atoms with Crippen LogP contribution in [0.25, 0.3) is 5.57 Å². The number of hydrogen-bond donors (Lipinski definition) is 1. The summed E-state index contributed by atoms with van der Waals surface area (Å²) in [5.41, 5.74) is 3.26. The molecule has 0 bridgehead atoms. The molecule has 33 heavy (non-hydrogen) atoms. The summed E-state index contributed by atoms with van der Waals surface area (Å²) >= 11 is 0. The zero-order valence-electron chi connectivity index (χ0n) is 19.1. The summed E-state index contributed by atoms with van der Waals surface area (Å²) in [6, 6.07) is 21.8. The average Bonchev–Trinajstić information content (AvgIpc) is 3.04. The van der Waals surface area contributed by atoms with Gasteiger partial charge in [-0.2, -0.15) is 0 Å². The number of nitrogens with one attached hydrogen (secondary N) is 1. The molecule has 1 aliphatic heterocycles. The van der Waals surface area contributed by atoms with Crippen molar-refractivity contribution in [1.29, 1.82) is 0 Å². The minimum absolute atomic E-state index is 0.0357. The fourth-order valence-electron chi connectivity index (χ4n) is 3.74. The van der Waals surface area contributed by atoms with Crippen LogP contribution in [0.1, 0.15) is 25.0 Å². The Bertz CT molecular complexity index is 1210. The topological polar surface area (TPSA) is 67.9 Å². The van der Waals surface area contributed by atoms with Crippen LogP contribution in [0.2, 0.25) is 0 Å². The highest BCUT2D eigenvalue weighted by Crippen LogP contribution is 2.35. The zero-order chi connectivity index (χ0) is 23.5. The summed E-state index contributed by atoms with van der Waals surface area (Å²) < 4.78 is 10.9. The summed E-state index contributed by atoms with van der Waals surface area (Å²) in [5.74, 6) is 0.628. The van der Waals surface area contributed by atoms with Crippen molar-refractivity contribution in [2.45, 2.75) is 26.9 Å². The zero-order valence-corrected chi connectivity index (χ0v) is 19.1. The Labute approximate surface area is 193 Å². The number of hydrogen-bond acceptors (Lipinski definition) is 5. The molecule has 0 unspecified atom stereocenters. The summed E-state index contributed by atoms with van der Waals surface area (Å²) in [6.45, 7) is 5.78. The minimum Gasteiger partial charge on any atom is -0.497 e. The number of nitrogens with zero attached hydrogens (tertiary/aromatic N) is 1. The molecule has 0 saturated heterocycles. The number of aryl methyl sites for hydroxylation is 1. The van der Waals surface area contributed by atoms with Gasteiger partial charge in [-0.15, -0.1) is 0 Å². The molecule has 0 atom stereocenters. The number of anilines is 2. The first-order valence-electron chi connectivity index (χ1n) is 10.8. The monoisotopic (exact) mass is 442 g/mol. The Morgan fingerprint density at radius 2 is 1.45 bits per heavy atom. The van der Waals surface area contributed by atoms with Gasteiger partial charge < -0.3 is 14.8 Å². The number of methoxy groups -OCH3 is 1. The maximum absolute atomic E-state index is 13.6.